The molecular formula is C10H12N2O4. The van der Waals surface area contributed by atoms with Gasteiger partial charge in [-0.1, -0.05) is 0 Å². The van der Waals surface area contributed by atoms with Gasteiger partial charge in [0, 0.05) is 12.7 Å². The lowest BCUT2D eigenvalue weighted by Gasteiger charge is -2.13. The number of rotatable bonds is 3. The maximum absolute atomic E-state index is 11.7. The maximum Gasteiger partial charge on any atom is 0.323 e. The van der Waals surface area contributed by atoms with Crippen LogP contribution in [-0.2, 0) is 4.79 Å². The fourth-order valence-electron chi connectivity index (χ4n) is 1.22. The number of aryl methyl sites for hydroxylation is 1. The number of aliphatic carboxylic acids is 1. The van der Waals surface area contributed by atoms with E-state index in [0.717, 1.165) is 4.90 Å². The van der Waals surface area contributed by atoms with Gasteiger partial charge >= 0.3 is 5.97 Å². The number of nitrogens with zero attached hydrogens (tertiary/aromatic N) is 1. The quantitative estimate of drug-likeness (QED) is 0.746. The monoisotopic (exact) mass is 224 g/mol. The Bertz CT molecular complexity index is 478. The molecule has 0 fully saturated rings. The van der Waals surface area contributed by atoms with Crippen LogP contribution in [0, 0.1) is 6.92 Å². The Morgan fingerprint density at radius 3 is 2.56 bits per heavy atom. The smallest absolute Gasteiger partial charge is 0.323 e. The van der Waals surface area contributed by atoms with Crippen molar-refractivity contribution in [2.45, 2.75) is 6.92 Å². The van der Waals surface area contributed by atoms with E-state index in [9.17, 15) is 14.4 Å². The Morgan fingerprint density at radius 1 is 1.44 bits per heavy atom. The molecule has 0 aliphatic rings. The predicted molar refractivity (Wildman–Crippen MR) is 56.4 cm³/mol. The molecule has 0 saturated heterocycles. The number of hydrogen-bond donors (Lipinski definition) is 2. The fraction of sp³-hybridized carbons (Fsp3) is 0.300. The van der Waals surface area contributed by atoms with Crippen molar-refractivity contribution in [3.05, 3.63) is 33.7 Å². The molecule has 2 N–H and O–H groups in total. The summed E-state index contributed by atoms with van der Waals surface area (Å²) in [4.78, 5) is 36.9. The summed E-state index contributed by atoms with van der Waals surface area (Å²) < 4.78 is 0. The zero-order chi connectivity index (χ0) is 12.3. The molecule has 0 aliphatic heterocycles. The minimum atomic E-state index is -1.13. The third-order valence-corrected chi connectivity index (χ3v) is 2.00. The number of carbonyl (C=O) groups excluding carboxylic acids is 1. The Kier molecular flexibility index (Phi) is 3.44. The van der Waals surface area contributed by atoms with Gasteiger partial charge in [0.25, 0.3) is 11.5 Å². The molecule has 86 valence electrons. The largest absolute Gasteiger partial charge is 0.480 e. The molecule has 6 nitrogen and oxygen atoms in total. The number of aromatic nitrogens is 1. The normalized spacial score (nSPS) is 9.88. The summed E-state index contributed by atoms with van der Waals surface area (Å²) >= 11 is 0. The van der Waals surface area contributed by atoms with Gasteiger partial charge in [-0.15, -0.1) is 0 Å². The van der Waals surface area contributed by atoms with Crippen LogP contribution in [0.15, 0.2) is 16.9 Å². The fourth-order valence-corrected chi connectivity index (χ4v) is 1.22. The zero-order valence-corrected chi connectivity index (χ0v) is 8.98. The Labute approximate surface area is 91.5 Å². The van der Waals surface area contributed by atoms with Crippen molar-refractivity contribution in [2.75, 3.05) is 13.6 Å². The van der Waals surface area contributed by atoms with Gasteiger partial charge in [0.1, 0.15) is 12.1 Å². The van der Waals surface area contributed by atoms with Crippen LogP contribution in [0.3, 0.4) is 0 Å². The minimum Gasteiger partial charge on any atom is -0.480 e. The molecule has 0 aliphatic carbocycles. The van der Waals surface area contributed by atoms with Gasteiger partial charge < -0.3 is 15.0 Å². The van der Waals surface area contributed by atoms with E-state index in [1.807, 2.05) is 0 Å². The van der Waals surface area contributed by atoms with E-state index in [-0.39, 0.29) is 5.56 Å². The highest BCUT2D eigenvalue weighted by Gasteiger charge is 2.17. The van der Waals surface area contributed by atoms with E-state index >= 15 is 0 Å². The van der Waals surface area contributed by atoms with Crippen molar-refractivity contribution < 1.29 is 14.7 Å². The number of H-pyrrole nitrogens is 1. The predicted octanol–water partition coefficient (Wildman–Crippen LogP) is -0.160. The first-order valence-electron chi connectivity index (χ1n) is 4.59. The van der Waals surface area contributed by atoms with Crippen LogP contribution in [0.1, 0.15) is 16.1 Å². The summed E-state index contributed by atoms with van der Waals surface area (Å²) in [7, 11) is 1.33. The second-order valence-corrected chi connectivity index (χ2v) is 3.44. The van der Waals surface area contributed by atoms with E-state index in [1.54, 1.807) is 13.0 Å². The summed E-state index contributed by atoms with van der Waals surface area (Å²) in [5.74, 6) is -1.73. The molecule has 0 radical (unpaired) electrons. The topological polar surface area (TPSA) is 90.5 Å². The van der Waals surface area contributed by atoms with Crippen molar-refractivity contribution in [1.29, 1.82) is 0 Å². The van der Waals surface area contributed by atoms with Crippen molar-refractivity contribution in [3.8, 4) is 0 Å². The first-order valence-corrected chi connectivity index (χ1v) is 4.59. The zero-order valence-electron chi connectivity index (χ0n) is 8.98. The van der Waals surface area contributed by atoms with Crippen LogP contribution in [-0.4, -0.2) is 40.5 Å². The molecular weight excluding hydrogens is 212 g/mol. The highest BCUT2D eigenvalue weighted by molar-refractivity contribution is 5.95. The van der Waals surface area contributed by atoms with Crippen LogP contribution in [0.4, 0.5) is 0 Å². The van der Waals surface area contributed by atoms with E-state index in [0.29, 0.717) is 5.69 Å². The first kappa shape index (κ1) is 12.0. The van der Waals surface area contributed by atoms with E-state index in [1.165, 1.54) is 13.1 Å². The molecule has 0 saturated carbocycles. The molecule has 0 spiro atoms. The standard InChI is InChI=1S/C10H12N2O4/c1-6-3-4-7(9(15)11-6)10(16)12(2)5-8(13)14/h3-4H,5H2,1-2H3,(H,11,15)(H,13,14). The van der Waals surface area contributed by atoms with Crippen LogP contribution < -0.4 is 5.56 Å². The van der Waals surface area contributed by atoms with Crippen molar-refractivity contribution in [1.82, 2.24) is 9.88 Å². The second-order valence-electron chi connectivity index (χ2n) is 3.44. The van der Waals surface area contributed by atoms with Crippen molar-refractivity contribution in [3.63, 3.8) is 0 Å². The molecule has 1 rings (SSSR count). The molecule has 1 heterocycles. The summed E-state index contributed by atoms with van der Waals surface area (Å²) in [5, 5.41) is 8.51. The number of pyridine rings is 1. The molecule has 6 heteroatoms. The van der Waals surface area contributed by atoms with E-state index in [4.69, 9.17) is 5.11 Å². The summed E-state index contributed by atoms with van der Waals surface area (Å²) in [6.07, 6.45) is 0. The van der Waals surface area contributed by atoms with Crippen molar-refractivity contribution >= 4 is 11.9 Å². The maximum atomic E-state index is 11.7. The minimum absolute atomic E-state index is 0.0608. The molecule has 1 aromatic rings. The van der Waals surface area contributed by atoms with Crippen LogP contribution in [0.25, 0.3) is 0 Å². The molecule has 1 aromatic heterocycles. The number of carbonyl (C=O) groups is 2. The molecule has 16 heavy (non-hydrogen) atoms. The third kappa shape index (κ3) is 2.69. The van der Waals surface area contributed by atoms with Gasteiger partial charge in [0.05, 0.1) is 0 Å². The molecule has 1 amide bonds. The number of nitrogens with one attached hydrogen (secondary N) is 1. The lowest BCUT2D eigenvalue weighted by molar-refractivity contribution is -0.137. The number of aromatic amines is 1. The number of carboxylic acids is 1. The molecule has 0 bridgehead atoms. The van der Waals surface area contributed by atoms with Crippen molar-refractivity contribution in [2.24, 2.45) is 0 Å². The summed E-state index contributed by atoms with van der Waals surface area (Å²) in [6, 6.07) is 2.97. The third-order valence-electron chi connectivity index (χ3n) is 2.00. The Hall–Kier alpha value is -2.11. The SMILES string of the molecule is Cc1ccc(C(=O)N(C)CC(=O)O)c(=O)[nH]1. The Balaban J connectivity index is 2.97. The average Bonchev–Trinajstić information content (AvgIpc) is 2.15. The lowest BCUT2D eigenvalue weighted by Crippen LogP contribution is -2.35. The summed E-state index contributed by atoms with van der Waals surface area (Å²) in [6.45, 7) is 1.25. The molecule has 0 aromatic carbocycles. The van der Waals surface area contributed by atoms with Gasteiger partial charge in [-0.05, 0) is 19.1 Å². The van der Waals surface area contributed by atoms with E-state index < -0.39 is 24.0 Å². The van der Waals surface area contributed by atoms with Gasteiger partial charge in [0.15, 0.2) is 0 Å². The molecule has 0 unspecified atom stereocenters. The summed E-state index contributed by atoms with van der Waals surface area (Å²) in [5.41, 5.74) is 0.0685. The average molecular weight is 224 g/mol. The van der Waals surface area contributed by atoms with Gasteiger partial charge in [0.2, 0.25) is 0 Å². The van der Waals surface area contributed by atoms with Gasteiger partial charge in [-0.2, -0.15) is 0 Å². The lowest BCUT2D eigenvalue weighted by atomic mass is 10.2. The highest BCUT2D eigenvalue weighted by Crippen LogP contribution is 1.98. The highest BCUT2D eigenvalue weighted by atomic mass is 16.4. The van der Waals surface area contributed by atoms with Crippen LogP contribution >= 0.6 is 0 Å². The molecule has 0 atom stereocenters. The first-order chi connectivity index (χ1) is 7.41. The van der Waals surface area contributed by atoms with Gasteiger partial charge in [-0.25, -0.2) is 0 Å². The number of hydrogen-bond acceptors (Lipinski definition) is 3. The number of likely N-dealkylation sites (N-methyl/N-ethyl adjacent to an activating group) is 1. The van der Waals surface area contributed by atoms with Crippen LogP contribution in [0.2, 0.25) is 0 Å². The second kappa shape index (κ2) is 4.61. The van der Waals surface area contributed by atoms with Gasteiger partial charge in [-0.3, -0.25) is 14.4 Å². The Morgan fingerprint density at radius 2 is 2.06 bits per heavy atom. The number of amides is 1. The number of carboxylic acid groups (broad SMARTS) is 1. The van der Waals surface area contributed by atoms with E-state index in [2.05, 4.69) is 4.98 Å². The van der Waals surface area contributed by atoms with Crippen LogP contribution in [0.5, 0.6) is 0 Å².